The molecule has 0 heterocycles. The molecule has 0 saturated carbocycles. The number of aliphatic hydroxyl groups is 1. The van der Waals surface area contributed by atoms with E-state index >= 15 is 0 Å². The van der Waals surface area contributed by atoms with Crippen molar-refractivity contribution in [3.05, 3.63) is 59.9 Å². The van der Waals surface area contributed by atoms with Crippen molar-refractivity contribution in [2.24, 2.45) is 0 Å². The molecule has 0 bridgehead atoms. The van der Waals surface area contributed by atoms with Gasteiger partial charge in [-0.15, -0.1) is 0 Å². The molecule has 0 saturated heterocycles. The molecule has 0 aliphatic rings. The first-order valence-corrected chi connectivity index (χ1v) is 7.22. The highest BCUT2D eigenvalue weighted by molar-refractivity contribution is 5.72. The van der Waals surface area contributed by atoms with Crippen LogP contribution in [0.25, 0.3) is 11.1 Å². The van der Waals surface area contributed by atoms with E-state index in [0.717, 1.165) is 11.1 Å². The van der Waals surface area contributed by atoms with Crippen LogP contribution in [-0.4, -0.2) is 17.6 Å². The molecule has 2 rings (SSSR count). The van der Waals surface area contributed by atoms with Crippen LogP contribution in [0.4, 0.5) is 4.39 Å². The van der Waals surface area contributed by atoms with Gasteiger partial charge in [0.25, 0.3) is 0 Å². The van der Waals surface area contributed by atoms with Gasteiger partial charge in [0.05, 0.1) is 5.60 Å². The monoisotopic (exact) mass is 301 g/mol. The molecule has 0 fully saturated rings. The quantitative estimate of drug-likeness (QED) is 0.891. The van der Waals surface area contributed by atoms with Gasteiger partial charge in [-0.25, -0.2) is 4.39 Å². The second kappa shape index (κ2) is 6.71. The molecule has 0 spiro atoms. The summed E-state index contributed by atoms with van der Waals surface area (Å²) in [5.41, 5.74) is 0.986. The zero-order chi connectivity index (χ0) is 16.2. The Hall–Kier alpha value is -2.20. The minimum Gasteiger partial charge on any atom is -0.385 e. The van der Waals surface area contributed by atoms with Gasteiger partial charge in [-0.1, -0.05) is 42.5 Å². The Balaban J connectivity index is 2.14. The van der Waals surface area contributed by atoms with E-state index in [0.29, 0.717) is 18.5 Å². The van der Waals surface area contributed by atoms with Crippen LogP contribution in [-0.2, 0) is 10.4 Å². The average molecular weight is 301 g/mol. The average Bonchev–Trinajstić information content (AvgIpc) is 2.47. The molecule has 2 aromatic rings. The molecule has 2 N–H and O–H groups in total. The van der Waals surface area contributed by atoms with E-state index in [2.05, 4.69) is 5.32 Å². The molecule has 0 aliphatic carbocycles. The molecule has 0 aliphatic heterocycles. The van der Waals surface area contributed by atoms with Crippen molar-refractivity contribution in [1.82, 2.24) is 5.32 Å². The number of benzene rings is 2. The molecule has 0 radical (unpaired) electrons. The number of halogens is 1. The normalized spacial score (nSPS) is 13.5. The zero-order valence-corrected chi connectivity index (χ0v) is 12.8. The van der Waals surface area contributed by atoms with E-state index in [4.69, 9.17) is 0 Å². The molecule has 2 aromatic carbocycles. The Morgan fingerprint density at radius 1 is 1.18 bits per heavy atom. The summed E-state index contributed by atoms with van der Waals surface area (Å²) in [6, 6.07) is 13.7. The van der Waals surface area contributed by atoms with Crippen LogP contribution in [0.2, 0.25) is 0 Å². The summed E-state index contributed by atoms with van der Waals surface area (Å²) < 4.78 is 13.8. The van der Waals surface area contributed by atoms with Crippen molar-refractivity contribution in [1.29, 1.82) is 0 Å². The van der Waals surface area contributed by atoms with E-state index in [1.165, 1.54) is 13.0 Å². The van der Waals surface area contributed by atoms with Gasteiger partial charge in [-0.05, 0) is 30.5 Å². The van der Waals surface area contributed by atoms with E-state index in [9.17, 15) is 14.3 Å². The summed E-state index contributed by atoms with van der Waals surface area (Å²) in [4.78, 5) is 10.9. The molecular formula is C18H20FNO2. The predicted octanol–water partition coefficient (Wildman–Crippen LogP) is 3.23. The third kappa shape index (κ3) is 3.92. The lowest BCUT2D eigenvalue weighted by molar-refractivity contribution is -0.119. The maximum atomic E-state index is 13.8. The minimum atomic E-state index is -1.05. The van der Waals surface area contributed by atoms with Crippen LogP contribution in [0.1, 0.15) is 25.8 Å². The fourth-order valence-electron chi connectivity index (χ4n) is 2.33. The highest BCUT2D eigenvalue weighted by atomic mass is 19.1. The van der Waals surface area contributed by atoms with Gasteiger partial charge in [0.2, 0.25) is 5.91 Å². The standard InChI is InChI=1S/C18H20FNO2/c1-13(21)20-12-11-18(2,22)15-9-7-14(8-10-15)16-5-3-4-6-17(16)19/h3-10,22H,11-12H2,1-2H3,(H,20,21). The smallest absolute Gasteiger partial charge is 0.216 e. The number of hydrogen-bond donors (Lipinski definition) is 2. The number of amides is 1. The fourth-order valence-corrected chi connectivity index (χ4v) is 2.33. The van der Waals surface area contributed by atoms with Crippen molar-refractivity contribution < 1.29 is 14.3 Å². The molecule has 4 heteroatoms. The molecule has 1 atom stereocenters. The van der Waals surface area contributed by atoms with Crippen molar-refractivity contribution in [2.45, 2.75) is 25.9 Å². The largest absolute Gasteiger partial charge is 0.385 e. The Kier molecular flexibility index (Phi) is 4.93. The van der Waals surface area contributed by atoms with Gasteiger partial charge >= 0.3 is 0 Å². The maximum Gasteiger partial charge on any atom is 0.216 e. The number of carbonyl (C=O) groups excluding carboxylic acids is 1. The lowest BCUT2D eigenvalue weighted by atomic mass is 9.91. The molecule has 1 amide bonds. The Labute approximate surface area is 129 Å². The molecule has 1 unspecified atom stereocenters. The van der Waals surface area contributed by atoms with Gasteiger partial charge < -0.3 is 10.4 Å². The number of carbonyl (C=O) groups is 1. The highest BCUT2D eigenvalue weighted by Gasteiger charge is 2.22. The maximum absolute atomic E-state index is 13.8. The first-order chi connectivity index (χ1) is 10.4. The first kappa shape index (κ1) is 16.2. The summed E-state index contributed by atoms with van der Waals surface area (Å²) in [7, 11) is 0. The van der Waals surface area contributed by atoms with Gasteiger partial charge in [0, 0.05) is 19.0 Å². The molecule has 3 nitrogen and oxygen atoms in total. The third-order valence-electron chi connectivity index (χ3n) is 3.68. The van der Waals surface area contributed by atoms with Gasteiger partial charge in [-0.3, -0.25) is 4.79 Å². The van der Waals surface area contributed by atoms with Crippen LogP contribution in [0.15, 0.2) is 48.5 Å². The van der Waals surface area contributed by atoms with E-state index in [1.54, 1.807) is 49.4 Å². The Bertz CT molecular complexity index is 650. The number of hydrogen-bond acceptors (Lipinski definition) is 2. The summed E-state index contributed by atoms with van der Waals surface area (Å²) in [6.07, 6.45) is 0.408. The van der Waals surface area contributed by atoms with E-state index in [-0.39, 0.29) is 11.7 Å². The summed E-state index contributed by atoms with van der Waals surface area (Å²) in [5.74, 6) is -0.390. The predicted molar refractivity (Wildman–Crippen MR) is 84.7 cm³/mol. The zero-order valence-electron chi connectivity index (χ0n) is 12.8. The summed E-state index contributed by atoms with van der Waals surface area (Å²) in [5, 5.41) is 13.2. The van der Waals surface area contributed by atoms with Crippen LogP contribution < -0.4 is 5.32 Å². The molecule has 116 valence electrons. The fraction of sp³-hybridized carbons (Fsp3) is 0.278. The SMILES string of the molecule is CC(=O)NCCC(C)(O)c1ccc(-c2ccccc2F)cc1. The van der Waals surface area contributed by atoms with Crippen molar-refractivity contribution in [3.63, 3.8) is 0 Å². The number of nitrogens with one attached hydrogen (secondary N) is 1. The molecule has 22 heavy (non-hydrogen) atoms. The lowest BCUT2D eigenvalue weighted by Crippen LogP contribution is -2.29. The first-order valence-electron chi connectivity index (χ1n) is 7.22. The van der Waals surface area contributed by atoms with Crippen LogP contribution in [0.3, 0.4) is 0 Å². The van der Waals surface area contributed by atoms with Crippen molar-refractivity contribution >= 4 is 5.91 Å². The van der Waals surface area contributed by atoms with Gasteiger partial charge in [0.15, 0.2) is 0 Å². The summed E-state index contributed by atoms with van der Waals surface area (Å²) >= 11 is 0. The second-order valence-corrected chi connectivity index (χ2v) is 5.56. The molecular weight excluding hydrogens is 281 g/mol. The van der Waals surface area contributed by atoms with Gasteiger partial charge in [0.1, 0.15) is 5.82 Å². The topological polar surface area (TPSA) is 49.3 Å². The molecule has 0 aromatic heterocycles. The Morgan fingerprint density at radius 2 is 1.82 bits per heavy atom. The van der Waals surface area contributed by atoms with Crippen LogP contribution in [0, 0.1) is 5.82 Å². The van der Waals surface area contributed by atoms with Crippen LogP contribution in [0.5, 0.6) is 0 Å². The summed E-state index contributed by atoms with van der Waals surface area (Å²) in [6.45, 7) is 3.54. The highest BCUT2D eigenvalue weighted by Crippen LogP contribution is 2.28. The van der Waals surface area contributed by atoms with Crippen molar-refractivity contribution in [2.75, 3.05) is 6.54 Å². The Morgan fingerprint density at radius 3 is 2.41 bits per heavy atom. The number of rotatable bonds is 5. The van der Waals surface area contributed by atoms with E-state index < -0.39 is 5.60 Å². The third-order valence-corrected chi connectivity index (χ3v) is 3.68. The van der Waals surface area contributed by atoms with Gasteiger partial charge in [-0.2, -0.15) is 0 Å². The van der Waals surface area contributed by atoms with E-state index in [1.807, 2.05) is 0 Å². The van der Waals surface area contributed by atoms with Crippen molar-refractivity contribution in [3.8, 4) is 11.1 Å². The second-order valence-electron chi connectivity index (χ2n) is 5.56. The van der Waals surface area contributed by atoms with Crippen LogP contribution >= 0.6 is 0 Å². The lowest BCUT2D eigenvalue weighted by Gasteiger charge is -2.24. The minimum absolute atomic E-state index is 0.120.